The average molecular weight is 388 g/mol. The van der Waals surface area contributed by atoms with Crippen LogP contribution in [0.2, 0.25) is 0 Å². The van der Waals surface area contributed by atoms with E-state index in [1.807, 2.05) is 4.90 Å². The predicted molar refractivity (Wildman–Crippen MR) is 104 cm³/mol. The molecule has 0 atom stereocenters. The van der Waals surface area contributed by atoms with Gasteiger partial charge in [-0.25, -0.2) is 4.39 Å². The lowest BCUT2D eigenvalue weighted by Gasteiger charge is -2.38. The minimum absolute atomic E-state index is 0.128. The first-order valence-electron chi connectivity index (χ1n) is 8.78. The van der Waals surface area contributed by atoms with Crippen molar-refractivity contribution in [1.82, 2.24) is 5.32 Å². The summed E-state index contributed by atoms with van der Waals surface area (Å²) in [5, 5.41) is 13.6. The molecule has 0 saturated carbocycles. The van der Waals surface area contributed by atoms with Crippen molar-refractivity contribution in [3.63, 3.8) is 0 Å². The molecule has 1 aliphatic rings. The third kappa shape index (κ3) is 3.83. The number of hydrogen-bond donors (Lipinski definition) is 1. The molecule has 2 aromatic rings. The Labute approximate surface area is 161 Å². The van der Waals surface area contributed by atoms with E-state index in [2.05, 4.69) is 10.2 Å². The monoisotopic (exact) mass is 388 g/mol. The lowest BCUT2D eigenvalue weighted by atomic mass is 10.1. The molecule has 8 nitrogen and oxygen atoms in total. The fraction of sp³-hybridized carbons (Fsp3) is 0.316. The van der Waals surface area contributed by atoms with Crippen molar-refractivity contribution < 1.29 is 18.8 Å². The normalized spacial score (nSPS) is 14.0. The number of hydrogen-bond acceptors (Lipinski definition) is 6. The Morgan fingerprint density at radius 3 is 2.29 bits per heavy atom. The van der Waals surface area contributed by atoms with Crippen LogP contribution in [0.3, 0.4) is 0 Å². The molecule has 0 spiro atoms. The number of anilines is 2. The van der Waals surface area contributed by atoms with Crippen LogP contribution < -0.4 is 19.9 Å². The standard InChI is InChI=1S/C19H21FN4O4/c1-21-19(25)15-12-14(24(26)27)4-6-16(15)22-7-9-23(10-8-22)17-5-3-13(20)11-18(17)28-2/h3-6,11-12H,7-10H2,1-2H3,(H,21,25). The van der Waals surface area contributed by atoms with Gasteiger partial charge in [-0.3, -0.25) is 14.9 Å². The summed E-state index contributed by atoms with van der Waals surface area (Å²) >= 11 is 0. The molecule has 0 aromatic heterocycles. The lowest BCUT2D eigenvalue weighted by molar-refractivity contribution is -0.384. The largest absolute Gasteiger partial charge is 0.494 e. The molecule has 1 heterocycles. The number of halogens is 1. The average Bonchev–Trinajstić information content (AvgIpc) is 2.72. The predicted octanol–water partition coefficient (Wildman–Crippen LogP) is 2.43. The molecular formula is C19H21FN4O4. The zero-order valence-electron chi connectivity index (χ0n) is 15.6. The summed E-state index contributed by atoms with van der Waals surface area (Å²) in [5.41, 5.74) is 1.59. The van der Waals surface area contributed by atoms with E-state index in [-0.39, 0.29) is 23.0 Å². The van der Waals surface area contributed by atoms with Crippen LogP contribution in [-0.2, 0) is 0 Å². The summed E-state index contributed by atoms with van der Waals surface area (Å²) < 4.78 is 18.7. The first-order valence-corrected chi connectivity index (χ1v) is 8.78. The zero-order chi connectivity index (χ0) is 20.3. The van der Waals surface area contributed by atoms with Gasteiger partial charge in [0.05, 0.1) is 29.0 Å². The number of carbonyl (C=O) groups is 1. The number of carbonyl (C=O) groups excluding carboxylic acids is 1. The van der Waals surface area contributed by atoms with E-state index in [1.165, 1.54) is 38.4 Å². The number of nitro benzene ring substituents is 1. The maximum atomic E-state index is 13.4. The molecule has 0 unspecified atom stereocenters. The Morgan fingerprint density at radius 1 is 1.11 bits per heavy atom. The molecule has 1 N–H and O–H groups in total. The number of amides is 1. The van der Waals surface area contributed by atoms with Crippen LogP contribution in [0.4, 0.5) is 21.5 Å². The summed E-state index contributed by atoms with van der Waals surface area (Å²) in [5.74, 6) is -0.267. The number of nitro groups is 1. The van der Waals surface area contributed by atoms with Crippen LogP contribution in [0.25, 0.3) is 0 Å². The van der Waals surface area contributed by atoms with Crippen molar-refractivity contribution in [1.29, 1.82) is 0 Å². The number of nitrogens with zero attached hydrogens (tertiary/aromatic N) is 3. The van der Waals surface area contributed by atoms with Crippen LogP contribution in [0.15, 0.2) is 36.4 Å². The maximum Gasteiger partial charge on any atom is 0.270 e. The quantitative estimate of drug-likeness (QED) is 0.625. The Kier molecular flexibility index (Phi) is 5.62. The summed E-state index contributed by atoms with van der Waals surface area (Å²) in [6.45, 7) is 2.46. The van der Waals surface area contributed by atoms with Gasteiger partial charge in [-0.05, 0) is 18.2 Å². The molecule has 1 amide bonds. The Hall–Kier alpha value is -3.36. The van der Waals surface area contributed by atoms with E-state index in [9.17, 15) is 19.3 Å². The lowest BCUT2D eigenvalue weighted by Crippen LogP contribution is -2.47. The fourth-order valence-electron chi connectivity index (χ4n) is 3.33. The first kappa shape index (κ1) is 19.4. The molecule has 1 saturated heterocycles. The highest BCUT2D eigenvalue weighted by atomic mass is 19.1. The van der Waals surface area contributed by atoms with Gasteiger partial charge in [-0.1, -0.05) is 0 Å². The third-order valence-electron chi connectivity index (χ3n) is 4.77. The number of non-ortho nitro benzene ring substituents is 1. The second-order valence-corrected chi connectivity index (χ2v) is 6.33. The van der Waals surface area contributed by atoms with E-state index in [1.54, 1.807) is 12.1 Å². The van der Waals surface area contributed by atoms with E-state index >= 15 is 0 Å². The second-order valence-electron chi connectivity index (χ2n) is 6.33. The molecular weight excluding hydrogens is 367 g/mol. The number of methoxy groups -OCH3 is 1. The molecule has 1 fully saturated rings. The van der Waals surface area contributed by atoms with E-state index in [0.717, 1.165) is 5.69 Å². The number of nitrogens with one attached hydrogen (secondary N) is 1. The minimum atomic E-state index is -0.519. The molecule has 0 aliphatic carbocycles. The van der Waals surface area contributed by atoms with E-state index in [0.29, 0.717) is 37.6 Å². The van der Waals surface area contributed by atoms with E-state index in [4.69, 9.17) is 4.74 Å². The highest BCUT2D eigenvalue weighted by molar-refractivity contribution is 6.00. The molecule has 148 valence electrons. The number of benzene rings is 2. The third-order valence-corrected chi connectivity index (χ3v) is 4.77. The molecule has 28 heavy (non-hydrogen) atoms. The minimum Gasteiger partial charge on any atom is -0.494 e. The van der Waals surface area contributed by atoms with Crippen molar-refractivity contribution in [2.24, 2.45) is 0 Å². The summed E-state index contributed by atoms with van der Waals surface area (Å²) in [6.07, 6.45) is 0. The topological polar surface area (TPSA) is 87.9 Å². The summed E-state index contributed by atoms with van der Waals surface area (Å²) in [7, 11) is 2.99. The van der Waals surface area contributed by atoms with Gasteiger partial charge < -0.3 is 19.9 Å². The first-order chi connectivity index (χ1) is 13.4. The highest BCUT2D eigenvalue weighted by Gasteiger charge is 2.24. The summed E-state index contributed by atoms with van der Waals surface area (Å²) in [4.78, 5) is 26.9. The number of rotatable bonds is 5. The molecule has 2 aromatic carbocycles. The summed E-state index contributed by atoms with van der Waals surface area (Å²) in [6, 6.07) is 8.73. The Balaban J connectivity index is 1.82. The number of ether oxygens (including phenoxy) is 1. The zero-order valence-corrected chi connectivity index (χ0v) is 15.6. The van der Waals surface area contributed by atoms with Gasteiger partial charge >= 0.3 is 0 Å². The maximum absolute atomic E-state index is 13.4. The Bertz CT molecular complexity index is 897. The smallest absolute Gasteiger partial charge is 0.270 e. The van der Waals surface area contributed by atoms with Crippen LogP contribution in [0, 0.1) is 15.9 Å². The van der Waals surface area contributed by atoms with Gasteiger partial charge in [0.25, 0.3) is 11.6 Å². The van der Waals surface area contributed by atoms with Gasteiger partial charge in [-0.2, -0.15) is 0 Å². The van der Waals surface area contributed by atoms with Crippen LogP contribution in [-0.4, -0.2) is 51.2 Å². The van der Waals surface area contributed by atoms with Crippen LogP contribution in [0.5, 0.6) is 5.75 Å². The van der Waals surface area contributed by atoms with Gasteiger partial charge in [0.15, 0.2) is 0 Å². The van der Waals surface area contributed by atoms with Gasteiger partial charge in [0, 0.05) is 51.4 Å². The fourth-order valence-corrected chi connectivity index (χ4v) is 3.33. The molecule has 0 radical (unpaired) electrons. The molecule has 3 rings (SSSR count). The molecule has 0 bridgehead atoms. The Morgan fingerprint density at radius 2 is 1.71 bits per heavy atom. The van der Waals surface area contributed by atoms with Gasteiger partial charge in [0.1, 0.15) is 11.6 Å². The van der Waals surface area contributed by atoms with Crippen molar-refractivity contribution in [3.05, 3.63) is 57.9 Å². The SMILES string of the molecule is CNC(=O)c1cc([N+](=O)[O-])ccc1N1CCN(c2ccc(F)cc2OC)CC1. The van der Waals surface area contributed by atoms with Crippen LogP contribution >= 0.6 is 0 Å². The second kappa shape index (κ2) is 8.12. The molecule has 1 aliphatic heterocycles. The van der Waals surface area contributed by atoms with Gasteiger partial charge in [-0.15, -0.1) is 0 Å². The van der Waals surface area contributed by atoms with Crippen molar-refractivity contribution in [2.45, 2.75) is 0 Å². The van der Waals surface area contributed by atoms with Gasteiger partial charge in [0.2, 0.25) is 0 Å². The van der Waals surface area contributed by atoms with Crippen molar-refractivity contribution in [3.8, 4) is 5.75 Å². The highest BCUT2D eigenvalue weighted by Crippen LogP contribution is 2.32. The van der Waals surface area contributed by atoms with Crippen LogP contribution in [0.1, 0.15) is 10.4 Å². The molecule has 9 heteroatoms. The number of piperazine rings is 1. The van der Waals surface area contributed by atoms with E-state index < -0.39 is 4.92 Å². The van der Waals surface area contributed by atoms with Crippen molar-refractivity contribution >= 4 is 23.0 Å². The van der Waals surface area contributed by atoms with Crippen molar-refractivity contribution in [2.75, 3.05) is 50.1 Å².